The molecule has 0 saturated carbocycles. The van der Waals surface area contributed by atoms with E-state index < -0.39 is 0 Å². The lowest BCUT2D eigenvalue weighted by atomic mass is 10.1. The van der Waals surface area contributed by atoms with Gasteiger partial charge in [-0.15, -0.1) is 0 Å². The summed E-state index contributed by atoms with van der Waals surface area (Å²) in [6.07, 6.45) is 3.95. The van der Waals surface area contributed by atoms with E-state index in [1.165, 1.54) is 0 Å². The number of hydrogen-bond acceptors (Lipinski definition) is 4. The van der Waals surface area contributed by atoms with Gasteiger partial charge >= 0.3 is 0 Å². The Balaban J connectivity index is 2.24. The standard InChI is InChI=1S/C11H15ClN4O/c1-7-11(12)10(16(2)15-7)5-9(14-13)8-3-4-17-6-8/h3-4,6,9,14H,5,13H2,1-2H3. The molecule has 1 atom stereocenters. The SMILES string of the molecule is Cc1nn(C)c(CC(NN)c2ccoc2)c1Cl. The number of hydrazine groups is 1. The van der Waals surface area contributed by atoms with Crippen molar-refractivity contribution in [1.82, 2.24) is 15.2 Å². The normalized spacial score (nSPS) is 12.9. The van der Waals surface area contributed by atoms with Crippen molar-refractivity contribution in [3.05, 3.63) is 40.6 Å². The number of nitrogens with two attached hydrogens (primary N) is 1. The van der Waals surface area contributed by atoms with Crippen molar-refractivity contribution < 1.29 is 4.42 Å². The fourth-order valence-corrected chi connectivity index (χ4v) is 2.08. The van der Waals surface area contributed by atoms with Crippen LogP contribution in [0, 0.1) is 6.92 Å². The van der Waals surface area contributed by atoms with E-state index in [1.54, 1.807) is 17.2 Å². The monoisotopic (exact) mass is 254 g/mol. The molecule has 0 amide bonds. The Morgan fingerprint density at radius 2 is 2.41 bits per heavy atom. The quantitative estimate of drug-likeness (QED) is 0.644. The number of aryl methyl sites for hydroxylation is 2. The van der Waals surface area contributed by atoms with Crippen LogP contribution in [0.1, 0.15) is 23.0 Å². The predicted molar refractivity (Wildman–Crippen MR) is 65.4 cm³/mol. The van der Waals surface area contributed by atoms with E-state index in [0.717, 1.165) is 17.0 Å². The van der Waals surface area contributed by atoms with Gasteiger partial charge in [0.15, 0.2) is 0 Å². The third-order valence-electron chi connectivity index (χ3n) is 2.81. The second-order valence-electron chi connectivity index (χ2n) is 3.95. The van der Waals surface area contributed by atoms with E-state index in [-0.39, 0.29) is 6.04 Å². The van der Waals surface area contributed by atoms with Gasteiger partial charge in [-0.1, -0.05) is 11.6 Å². The molecule has 0 aliphatic heterocycles. The Morgan fingerprint density at radius 1 is 1.65 bits per heavy atom. The van der Waals surface area contributed by atoms with E-state index in [4.69, 9.17) is 21.9 Å². The highest BCUT2D eigenvalue weighted by molar-refractivity contribution is 6.31. The van der Waals surface area contributed by atoms with Gasteiger partial charge in [0.1, 0.15) is 0 Å². The second-order valence-corrected chi connectivity index (χ2v) is 4.33. The van der Waals surface area contributed by atoms with Crippen LogP contribution in [0.4, 0.5) is 0 Å². The largest absolute Gasteiger partial charge is 0.472 e. The summed E-state index contributed by atoms with van der Waals surface area (Å²) < 4.78 is 6.83. The number of hydrogen-bond donors (Lipinski definition) is 2. The molecule has 2 aromatic heterocycles. The molecule has 0 spiro atoms. The van der Waals surface area contributed by atoms with Crippen molar-refractivity contribution in [2.75, 3.05) is 0 Å². The Bertz CT molecular complexity index is 492. The van der Waals surface area contributed by atoms with Gasteiger partial charge in [-0.3, -0.25) is 16.0 Å². The predicted octanol–water partition coefficient (Wildman–Crippen LogP) is 1.72. The Kier molecular flexibility index (Phi) is 3.51. The number of nitrogens with zero attached hydrogens (tertiary/aromatic N) is 2. The van der Waals surface area contributed by atoms with Gasteiger partial charge in [-0.2, -0.15) is 5.10 Å². The average Bonchev–Trinajstić information content (AvgIpc) is 2.89. The fraction of sp³-hybridized carbons (Fsp3) is 0.364. The maximum Gasteiger partial charge on any atom is 0.0951 e. The molecule has 6 heteroatoms. The van der Waals surface area contributed by atoms with E-state index in [2.05, 4.69) is 10.5 Å². The molecule has 17 heavy (non-hydrogen) atoms. The van der Waals surface area contributed by atoms with Gasteiger partial charge in [0.05, 0.1) is 35.0 Å². The van der Waals surface area contributed by atoms with Crippen LogP contribution in [-0.2, 0) is 13.5 Å². The first kappa shape index (κ1) is 12.2. The molecule has 92 valence electrons. The molecule has 5 nitrogen and oxygen atoms in total. The number of rotatable bonds is 4. The Hall–Kier alpha value is -1.30. The van der Waals surface area contributed by atoms with E-state index in [9.17, 15) is 0 Å². The van der Waals surface area contributed by atoms with Crippen molar-refractivity contribution >= 4 is 11.6 Å². The van der Waals surface area contributed by atoms with Gasteiger partial charge < -0.3 is 4.42 Å². The van der Waals surface area contributed by atoms with E-state index >= 15 is 0 Å². The Labute approximate surface area is 105 Å². The first-order chi connectivity index (χ1) is 8.13. The number of furan rings is 1. The maximum absolute atomic E-state index is 6.20. The number of aromatic nitrogens is 2. The first-order valence-corrected chi connectivity index (χ1v) is 5.67. The van der Waals surface area contributed by atoms with Crippen LogP contribution < -0.4 is 11.3 Å². The van der Waals surface area contributed by atoms with Crippen LogP contribution in [-0.4, -0.2) is 9.78 Å². The minimum Gasteiger partial charge on any atom is -0.472 e. The molecule has 3 N–H and O–H groups in total. The van der Waals surface area contributed by atoms with Crippen molar-refractivity contribution in [2.45, 2.75) is 19.4 Å². The van der Waals surface area contributed by atoms with Gasteiger partial charge in [-0.25, -0.2) is 0 Å². The molecule has 0 aliphatic rings. The third-order valence-corrected chi connectivity index (χ3v) is 3.30. The van der Waals surface area contributed by atoms with Crippen LogP contribution in [0.25, 0.3) is 0 Å². The zero-order chi connectivity index (χ0) is 12.4. The second kappa shape index (κ2) is 4.91. The molecular weight excluding hydrogens is 240 g/mol. The summed E-state index contributed by atoms with van der Waals surface area (Å²) in [6.45, 7) is 1.88. The minimum atomic E-state index is -0.0407. The maximum atomic E-state index is 6.20. The fourth-order valence-electron chi connectivity index (χ4n) is 1.84. The van der Waals surface area contributed by atoms with Gasteiger partial charge in [-0.05, 0) is 13.0 Å². The van der Waals surface area contributed by atoms with Crippen LogP contribution in [0.15, 0.2) is 23.0 Å². The van der Waals surface area contributed by atoms with Crippen molar-refractivity contribution in [1.29, 1.82) is 0 Å². The molecule has 1 unspecified atom stereocenters. The highest BCUT2D eigenvalue weighted by atomic mass is 35.5. The number of halogens is 1. The average molecular weight is 255 g/mol. The van der Waals surface area contributed by atoms with E-state index in [1.807, 2.05) is 20.0 Å². The summed E-state index contributed by atoms with van der Waals surface area (Å²) in [6, 6.07) is 1.84. The molecule has 0 saturated heterocycles. The smallest absolute Gasteiger partial charge is 0.0951 e. The molecule has 0 aliphatic carbocycles. The number of nitrogens with one attached hydrogen (secondary N) is 1. The van der Waals surface area contributed by atoms with Crippen LogP contribution >= 0.6 is 11.6 Å². The highest BCUT2D eigenvalue weighted by Gasteiger charge is 2.18. The molecule has 2 rings (SSSR count). The molecule has 0 radical (unpaired) electrons. The Morgan fingerprint density at radius 3 is 2.88 bits per heavy atom. The van der Waals surface area contributed by atoms with Crippen LogP contribution in [0.2, 0.25) is 5.02 Å². The summed E-state index contributed by atoms with van der Waals surface area (Å²) in [4.78, 5) is 0. The molecule has 0 bridgehead atoms. The zero-order valence-electron chi connectivity index (χ0n) is 9.77. The summed E-state index contributed by atoms with van der Waals surface area (Å²) in [7, 11) is 1.87. The molecule has 2 heterocycles. The summed E-state index contributed by atoms with van der Waals surface area (Å²) >= 11 is 6.20. The summed E-state index contributed by atoms with van der Waals surface area (Å²) in [5.74, 6) is 5.55. The lowest BCUT2D eigenvalue weighted by Crippen LogP contribution is -2.29. The zero-order valence-corrected chi connectivity index (χ0v) is 10.5. The van der Waals surface area contributed by atoms with Gasteiger partial charge in [0.25, 0.3) is 0 Å². The molecule has 0 fully saturated rings. The topological polar surface area (TPSA) is 69.0 Å². The van der Waals surface area contributed by atoms with Crippen molar-refractivity contribution in [2.24, 2.45) is 12.9 Å². The molecule has 0 aromatic carbocycles. The van der Waals surface area contributed by atoms with Gasteiger partial charge in [0.2, 0.25) is 0 Å². The van der Waals surface area contributed by atoms with Gasteiger partial charge in [0, 0.05) is 19.0 Å². The molecule has 2 aromatic rings. The summed E-state index contributed by atoms with van der Waals surface area (Å²) in [5.41, 5.74) is 5.52. The summed E-state index contributed by atoms with van der Waals surface area (Å²) in [5, 5.41) is 4.96. The first-order valence-electron chi connectivity index (χ1n) is 5.29. The van der Waals surface area contributed by atoms with Crippen LogP contribution in [0.5, 0.6) is 0 Å². The molecular formula is C11H15ClN4O. The third kappa shape index (κ3) is 2.36. The lowest BCUT2D eigenvalue weighted by molar-refractivity contribution is 0.512. The van der Waals surface area contributed by atoms with E-state index in [0.29, 0.717) is 11.4 Å². The van der Waals surface area contributed by atoms with Crippen LogP contribution in [0.3, 0.4) is 0 Å². The van der Waals surface area contributed by atoms with Crippen molar-refractivity contribution in [3.63, 3.8) is 0 Å². The van der Waals surface area contributed by atoms with Crippen molar-refractivity contribution in [3.8, 4) is 0 Å². The minimum absolute atomic E-state index is 0.0407. The highest BCUT2D eigenvalue weighted by Crippen LogP contribution is 2.25. The lowest BCUT2D eigenvalue weighted by Gasteiger charge is -2.14.